The van der Waals surface area contributed by atoms with Gasteiger partial charge in [0, 0.05) is 19.4 Å². The SMILES string of the molecule is CC1=Cc2c(ccc(C)c2Br)C1S(C)(C)C1C(C)=Cc2c1ccc(C)c2Br. The van der Waals surface area contributed by atoms with E-state index in [-0.39, 0.29) is 0 Å². The second kappa shape index (κ2) is 6.64. The van der Waals surface area contributed by atoms with Gasteiger partial charge in [0.05, 0.1) is 0 Å². The predicted molar refractivity (Wildman–Crippen MR) is 130 cm³/mol. The number of rotatable bonds is 2. The average molecular weight is 506 g/mol. The Morgan fingerprint density at radius 3 is 1.41 bits per heavy atom. The van der Waals surface area contributed by atoms with E-state index in [9.17, 15) is 0 Å². The molecule has 0 aliphatic heterocycles. The fraction of sp³-hybridized carbons (Fsp3) is 0.333. The van der Waals surface area contributed by atoms with Gasteiger partial charge in [-0.3, -0.25) is 0 Å². The predicted octanol–water partition coefficient (Wildman–Crippen LogP) is 8.51. The lowest BCUT2D eigenvalue weighted by Gasteiger charge is -2.46. The average Bonchev–Trinajstić information content (AvgIpc) is 3.12. The molecule has 0 bridgehead atoms. The normalized spacial score (nSPS) is 21.6. The summed E-state index contributed by atoms with van der Waals surface area (Å²) in [7, 11) is -1.00. The Morgan fingerprint density at radius 2 is 1.04 bits per heavy atom. The summed E-state index contributed by atoms with van der Waals surface area (Å²) in [5, 5.41) is 1.01. The minimum atomic E-state index is -1.00. The Morgan fingerprint density at radius 1 is 0.667 bits per heavy atom. The Hall–Kier alpha value is -0.770. The monoisotopic (exact) mass is 504 g/mol. The topological polar surface area (TPSA) is 0 Å². The first-order valence-electron chi connectivity index (χ1n) is 9.30. The highest BCUT2D eigenvalue weighted by molar-refractivity contribution is 9.11. The van der Waals surface area contributed by atoms with Crippen molar-refractivity contribution in [2.75, 3.05) is 12.5 Å². The third-order valence-electron chi connectivity index (χ3n) is 6.16. The molecule has 2 aromatic rings. The quantitative estimate of drug-likeness (QED) is 0.383. The van der Waals surface area contributed by atoms with E-state index >= 15 is 0 Å². The van der Waals surface area contributed by atoms with Crippen LogP contribution in [0.1, 0.15) is 57.7 Å². The molecule has 2 aromatic carbocycles. The maximum absolute atomic E-state index is 3.84. The van der Waals surface area contributed by atoms with Gasteiger partial charge in [-0.15, -0.1) is 0 Å². The number of benzene rings is 2. The molecule has 3 heteroatoms. The van der Waals surface area contributed by atoms with Gasteiger partial charge in [0.2, 0.25) is 0 Å². The summed E-state index contributed by atoms with van der Waals surface area (Å²) in [6, 6.07) is 9.26. The summed E-state index contributed by atoms with van der Waals surface area (Å²) in [5.74, 6) is 0. The third-order valence-corrected chi connectivity index (χ3v) is 12.0. The molecule has 0 nitrogen and oxygen atoms in total. The van der Waals surface area contributed by atoms with Crippen molar-refractivity contribution in [1.29, 1.82) is 0 Å². The summed E-state index contributed by atoms with van der Waals surface area (Å²) in [6.45, 7) is 9.00. The van der Waals surface area contributed by atoms with Crippen LogP contribution in [0.15, 0.2) is 44.4 Å². The smallest absolute Gasteiger partial charge is 0.0361 e. The van der Waals surface area contributed by atoms with E-state index in [0.717, 1.165) is 0 Å². The van der Waals surface area contributed by atoms with E-state index in [1.807, 2.05) is 0 Å². The highest BCUT2D eigenvalue weighted by Crippen LogP contribution is 2.72. The van der Waals surface area contributed by atoms with Crippen molar-refractivity contribution in [2.45, 2.75) is 38.2 Å². The van der Waals surface area contributed by atoms with Crippen LogP contribution < -0.4 is 0 Å². The van der Waals surface area contributed by atoms with Gasteiger partial charge in [0.1, 0.15) is 0 Å². The molecule has 0 amide bonds. The molecule has 0 spiro atoms. The van der Waals surface area contributed by atoms with E-state index in [1.54, 1.807) is 0 Å². The van der Waals surface area contributed by atoms with E-state index in [0.29, 0.717) is 10.5 Å². The fourth-order valence-electron chi connectivity index (χ4n) is 5.03. The molecule has 2 aliphatic carbocycles. The molecule has 4 rings (SSSR count). The van der Waals surface area contributed by atoms with Crippen LogP contribution in [-0.2, 0) is 0 Å². The van der Waals surface area contributed by atoms with E-state index in [4.69, 9.17) is 0 Å². The number of aryl methyl sites for hydroxylation is 2. The zero-order valence-electron chi connectivity index (χ0n) is 16.8. The lowest BCUT2D eigenvalue weighted by Crippen LogP contribution is -2.16. The van der Waals surface area contributed by atoms with Gasteiger partial charge < -0.3 is 0 Å². The molecule has 0 fully saturated rings. The van der Waals surface area contributed by atoms with Crippen LogP contribution in [-0.4, -0.2) is 12.5 Å². The van der Waals surface area contributed by atoms with Crippen LogP contribution >= 0.6 is 41.9 Å². The largest absolute Gasteiger partial charge is 0.226 e. The first-order chi connectivity index (χ1) is 12.6. The van der Waals surface area contributed by atoms with Crippen LogP contribution in [0.4, 0.5) is 0 Å². The second-order valence-corrected chi connectivity index (χ2v) is 13.9. The minimum absolute atomic E-state index is 0.503. The lowest BCUT2D eigenvalue weighted by atomic mass is 10.1. The third kappa shape index (κ3) is 2.84. The van der Waals surface area contributed by atoms with Crippen LogP contribution in [0, 0.1) is 13.8 Å². The maximum Gasteiger partial charge on any atom is 0.0361 e. The Kier molecular flexibility index (Phi) is 4.81. The fourth-order valence-corrected chi connectivity index (χ4v) is 10.0. The summed E-state index contributed by atoms with van der Waals surface area (Å²) in [4.78, 5) is 0. The van der Waals surface area contributed by atoms with Gasteiger partial charge in [-0.1, -0.05) is 47.6 Å². The minimum Gasteiger partial charge on any atom is -0.226 e. The second-order valence-electron chi connectivity index (χ2n) is 8.42. The van der Waals surface area contributed by atoms with Crippen molar-refractivity contribution in [2.24, 2.45) is 0 Å². The number of hydrogen-bond donors (Lipinski definition) is 0. The molecular weight excluding hydrogens is 480 g/mol. The van der Waals surface area contributed by atoms with Crippen molar-refractivity contribution in [3.63, 3.8) is 0 Å². The molecule has 0 heterocycles. The first kappa shape index (κ1) is 19.5. The molecule has 0 aromatic heterocycles. The van der Waals surface area contributed by atoms with Gasteiger partial charge in [-0.2, -0.15) is 0 Å². The molecule has 2 unspecified atom stereocenters. The van der Waals surface area contributed by atoms with Crippen LogP contribution in [0.5, 0.6) is 0 Å². The van der Waals surface area contributed by atoms with Crippen molar-refractivity contribution in [3.8, 4) is 0 Å². The molecule has 27 heavy (non-hydrogen) atoms. The molecule has 0 saturated carbocycles. The Balaban J connectivity index is 1.86. The van der Waals surface area contributed by atoms with Crippen LogP contribution in [0.2, 0.25) is 0 Å². The van der Waals surface area contributed by atoms with Crippen molar-refractivity contribution < 1.29 is 0 Å². The van der Waals surface area contributed by atoms with Gasteiger partial charge in [0.15, 0.2) is 0 Å². The first-order valence-corrected chi connectivity index (χ1v) is 13.5. The van der Waals surface area contributed by atoms with Crippen molar-refractivity contribution in [3.05, 3.63) is 77.7 Å². The number of fused-ring (bicyclic) bond motifs is 2. The maximum atomic E-state index is 3.84. The van der Waals surface area contributed by atoms with Crippen LogP contribution in [0.3, 0.4) is 0 Å². The lowest BCUT2D eigenvalue weighted by molar-refractivity contribution is 1.06. The van der Waals surface area contributed by atoms with E-state index in [2.05, 4.69) is 108 Å². The molecule has 142 valence electrons. The molecule has 0 N–H and O–H groups in total. The summed E-state index contributed by atoms with van der Waals surface area (Å²) < 4.78 is 2.52. The van der Waals surface area contributed by atoms with Gasteiger partial charge in [0.25, 0.3) is 0 Å². The van der Waals surface area contributed by atoms with Gasteiger partial charge in [-0.25, -0.2) is 10.0 Å². The molecule has 0 saturated heterocycles. The highest BCUT2D eigenvalue weighted by Gasteiger charge is 2.42. The molecule has 2 atom stereocenters. The zero-order valence-corrected chi connectivity index (χ0v) is 20.8. The van der Waals surface area contributed by atoms with Gasteiger partial charge in [-0.05, 0) is 105 Å². The summed E-state index contributed by atoms with van der Waals surface area (Å²) in [5.41, 5.74) is 11.4. The van der Waals surface area contributed by atoms with Crippen LogP contribution in [0.25, 0.3) is 12.2 Å². The number of hydrogen-bond acceptors (Lipinski definition) is 0. The van der Waals surface area contributed by atoms with E-state index < -0.39 is 10.0 Å². The van der Waals surface area contributed by atoms with Crippen molar-refractivity contribution in [1.82, 2.24) is 0 Å². The zero-order chi connectivity index (χ0) is 19.7. The van der Waals surface area contributed by atoms with Gasteiger partial charge >= 0.3 is 0 Å². The molecular formula is C24H26Br2S. The van der Waals surface area contributed by atoms with E-state index in [1.165, 1.54) is 53.5 Å². The Labute approximate surface area is 181 Å². The number of halogens is 2. The summed E-state index contributed by atoms with van der Waals surface area (Å²) >= 11 is 7.68. The summed E-state index contributed by atoms with van der Waals surface area (Å²) in [6.07, 6.45) is 9.88. The molecule has 2 aliphatic rings. The van der Waals surface area contributed by atoms with Crippen molar-refractivity contribution >= 4 is 54.0 Å². The highest BCUT2D eigenvalue weighted by atomic mass is 79.9. The standard InChI is InChI=1S/C24H26Br2S/c1-13-7-9-17-19(21(13)25)11-15(3)23(17)27(5,6)24-16(4)12-20-18(24)10-8-14(2)22(20)26/h7-12,23-24H,1-6H3. The molecule has 0 radical (unpaired) electrons. The Bertz CT molecular complexity index is 946.